The van der Waals surface area contributed by atoms with E-state index in [1.807, 2.05) is 25.1 Å². The number of nitrogens with zero attached hydrogens (tertiary/aromatic N) is 3. The number of carbonyl (C=O) groups excluding carboxylic acids is 1. The number of aryl methyl sites for hydroxylation is 2. The molecule has 0 saturated heterocycles. The fraction of sp³-hybridized carbons (Fsp3) is 0.267. The second kappa shape index (κ2) is 8.29. The highest BCUT2D eigenvalue weighted by atomic mass is 32.2. The van der Waals surface area contributed by atoms with Crippen molar-refractivity contribution in [1.29, 1.82) is 0 Å². The number of nitrogens with two attached hydrogens (primary N) is 1. The summed E-state index contributed by atoms with van der Waals surface area (Å²) in [7, 11) is 0. The summed E-state index contributed by atoms with van der Waals surface area (Å²) < 4.78 is 0.773. The maximum atomic E-state index is 12.0. The Labute approximate surface area is 147 Å². The minimum absolute atomic E-state index is 0.00622. The first-order chi connectivity index (χ1) is 11.9. The van der Waals surface area contributed by atoms with E-state index in [1.165, 1.54) is 0 Å². The summed E-state index contributed by atoms with van der Waals surface area (Å²) in [5.41, 5.74) is 1.03. The molecule has 0 bridgehead atoms. The molecule has 132 valence electrons. The van der Waals surface area contributed by atoms with Gasteiger partial charge in [-0.15, -0.1) is 10.2 Å². The average molecular weight is 363 g/mol. The summed E-state index contributed by atoms with van der Waals surface area (Å²) in [5, 5.41) is 18.9. The molecule has 0 fully saturated rings. The number of hydrogen-bond acceptors (Lipinski definition) is 7. The number of carboxylic acids is 1. The molecular weight excluding hydrogens is 346 g/mol. The lowest BCUT2D eigenvalue weighted by Crippen LogP contribution is -2.34. The zero-order chi connectivity index (χ0) is 18.4. The molecule has 1 aromatic carbocycles. The molecule has 4 N–H and O–H groups in total. The number of thioether (sulfide) groups is 1. The molecule has 0 saturated carbocycles. The lowest BCUT2D eigenvalue weighted by atomic mass is 10.2. The van der Waals surface area contributed by atoms with Crippen molar-refractivity contribution in [3.05, 3.63) is 45.9 Å². The van der Waals surface area contributed by atoms with Crippen LogP contribution in [0.5, 0.6) is 0 Å². The first-order valence-electron chi connectivity index (χ1n) is 7.31. The molecule has 1 amide bonds. The Bertz CT molecular complexity index is 852. The summed E-state index contributed by atoms with van der Waals surface area (Å²) in [6.45, 7) is 1.92. The van der Waals surface area contributed by atoms with Gasteiger partial charge in [0.2, 0.25) is 11.1 Å². The number of aromatic nitrogens is 3. The maximum absolute atomic E-state index is 12.0. The SMILES string of the molecule is Cc1cccc(NC(=O)CSc2nnc(CCC(=O)O)c(=O)n2N)c1. The van der Waals surface area contributed by atoms with E-state index in [9.17, 15) is 14.4 Å². The number of benzene rings is 1. The molecule has 10 heteroatoms. The predicted molar refractivity (Wildman–Crippen MR) is 92.9 cm³/mol. The molecule has 0 aliphatic rings. The van der Waals surface area contributed by atoms with E-state index in [4.69, 9.17) is 10.9 Å². The van der Waals surface area contributed by atoms with Gasteiger partial charge in [0.25, 0.3) is 5.56 Å². The van der Waals surface area contributed by atoms with Crippen LogP contribution in [0.4, 0.5) is 5.69 Å². The standard InChI is InChI=1S/C15H17N5O4S/c1-9-3-2-4-10(7-9)17-12(21)8-25-15-19-18-11(5-6-13(22)23)14(24)20(15)16/h2-4,7H,5-6,8,16H2,1H3,(H,17,21)(H,22,23). The highest BCUT2D eigenvalue weighted by molar-refractivity contribution is 7.99. The number of anilines is 1. The molecule has 0 aliphatic carbocycles. The summed E-state index contributed by atoms with van der Waals surface area (Å²) in [4.78, 5) is 34.5. The molecular formula is C15H17N5O4S. The third-order valence-corrected chi connectivity index (χ3v) is 4.08. The van der Waals surface area contributed by atoms with Crippen LogP contribution in [-0.2, 0) is 16.0 Å². The van der Waals surface area contributed by atoms with Gasteiger partial charge in [-0.05, 0) is 24.6 Å². The smallest absolute Gasteiger partial charge is 0.303 e. The molecule has 2 rings (SSSR count). The lowest BCUT2D eigenvalue weighted by molar-refractivity contribution is -0.137. The molecule has 0 unspecified atom stereocenters. The van der Waals surface area contributed by atoms with Crippen LogP contribution in [0, 0.1) is 6.92 Å². The summed E-state index contributed by atoms with van der Waals surface area (Å²) >= 11 is 0.962. The normalized spacial score (nSPS) is 10.4. The third-order valence-electron chi connectivity index (χ3n) is 3.14. The number of amides is 1. The van der Waals surface area contributed by atoms with Gasteiger partial charge in [-0.2, -0.15) is 4.68 Å². The van der Waals surface area contributed by atoms with E-state index in [2.05, 4.69) is 15.5 Å². The maximum Gasteiger partial charge on any atom is 0.303 e. The Morgan fingerprint density at radius 3 is 2.80 bits per heavy atom. The fourth-order valence-electron chi connectivity index (χ4n) is 1.95. The monoisotopic (exact) mass is 363 g/mol. The Morgan fingerprint density at radius 2 is 2.12 bits per heavy atom. The van der Waals surface area contributed by atoms with E-state index in [1.54, 1.807) is 6.07 Å². The van der Waals surface area contributed by atoms with Gasteiger partial charge in [-0.25, -0.2) is 0 Å². The highest BCUT2D eigenvalue weighted by Gasteiger charge is 2.13. The number of nitrogens with one attached hydrogen (secondary N) is 1. The van der Waals surface area contributed by atoms with Gasteiger partial charge >= 0.3 is 5.97 Å². The molecule has 25 heavy (non-hydrogen) atoms. The van der Waals surface area contributed by atoms with Crippen molar-refractivity contribution in [1.82, 2.24) is 14.9 Å². The summed E-state index contributed by atoms with van der Waals surface area (Å²) in [6.07, 6.45) is -0.299. The van der Waals surface area contributed by atoms with Gasteiger partial charge in [-0.1, -0.05) is 23.9 Å². The zero-order valence-corrected chi connectivity index (χ0v) is 14.2. The van der Waals surface area contributed by atoms with Crippen LogP contribution in [0.25, 0.3) is 0 Å². The molecule has 0 spiro atoms. The quantitative estimate of drug-likeness (QED) is 0.474. The van der Waals surface area contributed by atoms with Crippen LogP contribution in [0.3, 0.4) is 0 Å². The zero-order valence-electron chi connectivity index (χ0n) is 13.4. The Kier molecular flexibility index (Phi) is 6.12. The average Bonchev–Trinajstić information content (AvgIpc) is 2.55. The molecule has 2 aromatic rings. The van der Waals surface area contributed by atoms with Gasteiger partial charge in [0.05, 0.1) is 12.2 Å². The van der Waals surface area contributed by atoms with Crippen molar-refractivity contribution in [2.75, 3.05) is 16.9 Å². The number of hydrogen-bond donors (Lipinski definition) is 3. The largest absolute Gasteiger partial charge is 0.481 e. The Hall–Kier alpha value is -2.88. The number of carboxylic acid groups (broad SMARTS) is 1. The number of rotatable bonds is 7. The van der Waals surface area contributed by atoms with Crippen LogP contribution in [0.2, 0.25) is 0 Å². The fourth-order valence-corrected chi connectivity index (χ4v) is 2.60. The molecule has 0 radical (unpaired) electrons. The molecule has 0 aliphatic heterocycles. The molecule has 1 aromatic heterocycles. The highest BCUT2D eigenvalue weighted by Crippen LogP contribution is 2.14. The van der Waals surface area contributed by atoms with Crippen molar-refractivity contribution in [2.24, 2.45) is 0 Å². The van der Waals surface area contributed by atoms with Crippen LogP contribution in [0.1, 0.15) is 17.7 Å². The van der Waals surface area contributed by atoms with Crippen LogP contribution in [0.15, 0.2) is 34.2 Å². The van der Waals surface area contributed by atoms with E-state index >= 15 is 0 Å². The summed E-state index contributed by atoms with van der Waals surface area (Å²) in [5.74, 6) is 4.32. The van der Waals surface area contributed by atoms with E-state index in [-0.39, 0.29) is 35.4 Å². The van der Waals surface area contributed by atoms with E-state index in [0.717, 1.165) is 22.0 Å². The van der Waals surface area contributed by atoms with Gasteiger partial charge in [0.1, 0.15) is 5.69 Å². The van der Waals surface area contributed by atoms with Gasteiger partial charge in [0, 0.05) is 12.1 Å². The van der Waals surface area contributed by atoms with Crippen molar-refractivity contribution < 1.29 is 14.7 Å². The second-order valence-corrected chi connectivity index (χ2v) is 6.15. The van der Waals surface area contributed by atoms with Crippen LogP contribution in [-0.4, -0.2) is 37.6 Å². The van der Waals surface area contributed by atoms with Crippen molar-refractivity contribution >= 4 is 29.3 Å². The molecule has 9 nitrogen and oxygen atoms in total. The first-order valence-corrected chi connectivity index (χ1v) is 8.30. The topological polar surface area (TPSA) is 140 Å². The molecule has 1 heterocycles. The predicted octanol–water partition coefficient (Wildman–Crippen LogP) is 0.409. The van der Waals surface area contributed by atoms with Crippen LogP contribution < -0.4 is 16.7 Å². The Morgan fingerprint density at radius 1 is 1.36 bits per heavy atom. The van der Waals surface area contributed by atoms with Crippen LogP contribution >= 0.6 is 11.8 Å². The lowest BCUT2D eigenvalue weighted by Gasteiger charge is -2.08. The third kappa shape index (κ3) is 5.31. The van der Waals surface area contributed by atoms with Crippen molar-refractivity contribution in [3.63, 3.8) is 0 Å². The van der Waals surface area contributed by atoms with Gasteiger partial charge in [-0.3, -0.25) is 14.4 Å². The van der Waals surface area contributed by atoms with Crippen molar-refractivity contribution in [3.8, 4) is 0 Å². The number of nitrogen functional groups attached to an aromatic ring is 1. The van der Waals surface area contributed by atoms with Gasteiger partial charge < -0.3 is 16.3 Å². The minimum atomic E-state index is -1.05. The van der Waals surface area contributed by atoms with Crippen molar-refractivity contribution in [2.45, 2.75) is 24.9 Å². The van der Waals surface area contributed by atoms with E-state index in [0.29, 0.717) is 5.69 Å². The van der Waals surface area contributed by atoms with E-state index < -0.39 is 11.5 Å². The van der Waals surface area contributed by atoms with Gasteiger partial charge in [0.15, 0.2) is 0 Å². The minimum Gasteiger partial charge on any atom is -0.481 e. The Balaban J connectivity index is 1.98. The second-order valence-electron chi connectivity index (χ2n) is 5.20. The number of aliphatic carboxylic acids is 1. The first kappa shape index (κ1) is 18.5. The summed E-state index contributed by atoms with van der Waals surface area (Å²) in [6, 6.07) is 7.35. The number of carbonyl (C=O) groups is 2. The molecule has 0 atom stereocenters.